The van der Waals surface area contributed by atoms with Gasteiger partial charge in [0.05, 0.1) is 11.2 Å². The van der Waals surface area contributed by atoms with Gasteiger partial charge in [0.15, 0.2) is 0 Å². The summed E-state index contributed by atoms with van der Waals surface area (Å²) in [5.41, 5.74) is -0.267. The van der Waals surface area contributed by atoms with Crippen molar-refractivity contribution in [3.63, 3.8) is 0 Å². The van der Waals surface area contributed by atoms with Gasteiger partial charge in [-0.15, -0.1) is 0 Å². The maximum atomic E-state index is 11.1. The minimum absolute atomic E-state index is 0.201. The molecule has 1 aromatic carbocycles. The van der Waals surface area contributed by atoms with Gasteiger partial charge in [-0.2, -0.15) is 0 Å². The van der Waals surface area contributed by atoms with E-state index >= 15 is 0 Å². The lowest BCUT2D eigenvalue weighted by Gasteiger charge is -2.33. The Bertz CT molecular complexity index is 397. The zero-order chi connectivity index (χ0) is 11.6. The monoisotopic (exact) mass is 221 g/mol. The van der Waals surface area contributed by atoms with Crippen LogP contribution in [0, 0.1) is 0 Å². The standard InChI is InChI=1S/C12H15NO3/c14-11(15)9-3-1-2-4-10(9)12(16)5-7-13-8-6-12/h1-4,13,16H,5-8H2,(H,14,15). The molecule has 4 nitrogen and oxygen atoms in total. The van der Waals surface area contributed by atoms with E-state index in [2.05, 4.69) is 5.32 Å². The van der Waals surface area contributed by atoms with Gasteiger partial charge in [-0.25, -0.2) is 4.79 Å². The SMILES string of the molecule is O=C(O)c1ccccc1C1(O)CCNCC1. The quantitative estimate of drug-likeness (QED) is 0.695. The molecule has 0 amide bonds. The Hall–Kier alpha value is -1.39. The summed E-state index contributed by atoms with van der Waals surface area (Å²) in [4.78, 5) is 11.1. The third-order valence-electron chi connectivity index (χ3n) is 3.09. The highest BCUT2D eigenvalue weighted by molar-refractivity contribution is 5.89. The van der Waals surface area contributed by atoms with Gasteiger partial charge in [0.2, 0.25) is 0 Å². The molecule has 3 N–H and O–H groups in total. The molecule has 4 heteroatoms. The lowest BCUT2D eigenvalue weighted by molar-refractivity contribution is 0.00444. The number of nitrogens with one attached hydrogen (secondary N) is 1. The van der Waals surface area contributed by atoms with Gasteiger partial charge in [-0.1, -0.05) is 18.2 Å². The molecular weight excluding hydrogens is 206 g/mol. The summed E-state index contributed by atoms with van der Waals surface area (Å²) in [6.45, 7) is 1.43. The zero-order valence-corrected chi connectivity index (χ0v) is 8.94. The van der Waals surface area contributed by atoms with E-state index in [4.69, 9.17) is 5.11 Å². The lowest BCUT2D eigenvalue weighted by Crippen LogP contribution is -2.40. The van der Waals surface area contributed by atoms with Crippen LogP contribution in [-0.2, 0) is 5.60 Å². The Morgan fingerprint density at radius 2 is 1.88 bits per heavy atom. The summed E-state index contributed by atoms with van der Waals surface area (Å²) in [6, 6.07) is 6.69. The van der Waals surface area contributed by atoms with Gasteiger partial charge in [0.1, 0.15) is 0 Å². The number of carboxylic acid groups (broad SMARTS) is 1. The van der Waals surface area contributed by atoms with E-state index in [1.165, 1.54) is 6.07 Å². The fourth-order valence-corrected chi connectivity index (χ4v) is 2.19. The molecule has 0 unspecified atom stereocenters. The molecule has 86 valence electrons. The highest BCUT2D eigenvalue weighted by Gasteiger charge is 2.34. The predicted octanol–water partition coefficient (Wildman–Crippen LogP) is 0.956. The van der Waals surface area contributed by atoms with Crippen LogP contribution in [0.1, 0.15) is 28.8 Å². The molecule has 0 spiro atoms. The Kier molecular flexibility index (Phi) is 2.94. The number of piperidine rings is 1. The molecule has 0 aromatic heterocycles. The van der Waals surface area contributed by atoms with Crippen molar-refractivity contribution < 1.29 is 15.0 Å². The van der Waals surface area contributed by atoms with Crippen molar-refractivity contribution in [2.24, 2.45) is 0 Å². The molecule has 1 saturated heterocycles. The number of aromatic carboxylic acids is 1. The van der Waals surface area contributed by atoms with E-state index in [1.54, 1.807) is 18.2 Å². The summed E-state index contributed by atoms with van der Waals surface area (Å²) in [5.74, 6) is -0.984. The van der Waals surface area contributed by atoms with Gasteiger partial charge in [-0.3, -0.25) is 0 Å². The minimum atomic E-state index is -1.000. The summed E-state index contributed by atoms with van der Waals surface area (Å²) in [7, 11) is 0. The van der Waals surface area contributed by atoms with Crippen molar-refractivity contribution in [2.45, 2.75) is 18.4 Å². The first-order valence-electron chi connectivity index (χ1n) is 5.39. The summed E-state index contributed by atoms with van der Waals surface area (Å²) >= 11 is 0. The average Bonchev–Trinajstić information content (AvgIpc) is 2.30. The van der Waals surface area contributed by atoms with Gasteiger partial charge in [-0.05, 0) is 37.6 Å². The number of hydrogen-bond donors (Lipinski definition) is 3. The molecule has 0 bridgehead atoms. The normalized spacial score (nSPS) is 19.3. The van der Waals surface area contributed by atoms with Crippen LogP contribution in [0.4, 0.5) is 0 Å². The van der Waals surface area contributed by atoms with Crippen molar-refractivity contribution in [1.82, 2.24) is 5.32 Å². The van der Waals surface area contributed by atoms with Gasteiger partial charge >= 0.3 is 5.97 Å². The molecular formula is C12H15NO3. The first-order valence-corrected chi connectivity index (χ1v) is 5.39. The summed E-state index contributed by atoms with van der Waals surface area (Å²) < 4.78 is 0. The molecule has 0 atom stereocenters. The Morgan fingerprint density at radius 3 is 2.50 bits per heavy atom. The average molecular weight is 221 g/mol. The van der Waals surface area contributed by atoms with Crippen LogP contribution in [0.25, 0.3) is 0 Å². The fourth-order valence-electron chi connectivity index (χ4n) is 2.19. The van der Waals surface area contributed by atoms with Crippen LogP contribution in [0.3, 0.4) is 0 Å². The van der Waals surface area contributed by atoms with E-state index in [0.29, 0.717) is 31.5 Å². The first kappa shape index (κ1) is 11.1. The highest BCUT2D eigenvalue weighted by atomic mass is 16.4. The van der Waals surface area contributed by atoms with E-state index in [-0.39, 0.29) is 5.56 Å². The van der Waals surface area contributed by atoms with E-state index in [1.807, 2.05) is 0 Å². The molecule has 1 heterocycles. The number of aliphatic hydroxyl groups is 1. The molecule has 0 saturated carbocycles. The van der Waals surface area contributed by atoms with E-state index in [9.17, 15) is 9.90 Å². The smallest absolute Gasteiger partial charge is 0.336 e. The molecule has 1 fully saturated rings. The van der Waals surface area contributed by atoms with Crippen LogP contribution >= 0.6 is 0 Å². The maximum absolute atomic E-state index is 11.1. The topological polar surface area (TPSA) is 69.6 Å². The van der Waals surface area contributed by atoms with Crippen LogP contribution in [0.5, 0.6) is 0 Å². The Labute approximate surface area is 93.9 Å². The number of hydrogen-bond acceptors (Lipinski definition) is 3. The van der Waals surface area contributed by atoms with Crippen LogP contribution < -0.4 is 5.32 Å². The largest absolute Gasteiger partial charge is 0.478 e. The minimum Gasteiger partial charge on any atom is -0.478 e. The van der Waals surface area contributed by atoms with Crippen molar-refractivity contribution in [3.8, 4) is 0 Å². The fraction of sp³-hybridized carbons (Fsp3) is 0.417. The second-order valence-electron chi connectivity index (χ2n) is 4.13. The Morgan fingerprint density at radius 1 is 1.25 bits per heavy atom. The van der Waals surface area contributed by atoms with E-state index in [0.717, 1.165) is 0 Å². The van der Waals surface area contributed by atoms with Gasteiger partial charge in [0.25, 0.3) is 0 Å². The zero-order valence-electron chi connectivity index (χ0n) is 8.94. The molecule has 1 aliphatic heterocycles. The third-order valence-corrected chi connectivity index (χ3v) is 3.09. The maximum Gasteiger partial charge on any atom is 0.336 e. The molecule has 1 aliphatic rings. The number of rotatable bonds is 2. The Balaban J connectivity index is 2.42. The summed E-state index contributed by atoms with van der Waals surface area (Å²) in [6.07, 6.45) is 1.11. The lowest BCUT2D eigenvalue weighted by atomic mass is 9.82. The third kappa shape index (κ3) is 1.94. The second-order valence-corrected chi connectivity index (χ2v) is 4.13. The molecule has 16 heavy (non-hydrogen) atoms. The molecule has 2 rings (SSSR count). The molecule has 0 aliphatic carbocycles. The van der Waals surface area contributed by atoms with Crippen LogP contribution in [0.15, 0.2) is 24.3 Å². The van der Waals surface area contributed by atoms with Crippen LogP contribution in [-0.4, -0.2) is 29.3 Å². The molecule has 0 radical (unpaired) electrons. The predicted molar refractivity (Wildman–Crippen MR) is 59.4 cm³/mol. The van der Waals surface area contributed by atoms with Crippen molar-refractivity contribution in [2.75, 3.05) is 13.1 Å². The van der Waals surface area contributed by atoms with Crippen LogP contribution in [0.2, 0.25) is 0 Å². The van der Waals surface area contributed by atoms with Crippen molar-refractivity contribution in [1.29, 1.82) is 0 Å². The number of carbonyl (C=O) groups is 1. The van der Waals surface area contributed by atoms with Gasteiger partial charge < -0.3 is 15.5 Å². The highest BCUT2D eigenvalue weighted by Crippen LogP contribution is 2.32. The number of carboxylic acids is 1. The molecule has 1 aromatic rings. The van der Waals surface area contributed by atoms with Gasteiger partial charge in [0, 0.05) is 0 Å². The van der Waals surface area contributed by atoms with Crippen molar-refractivity contribution in [3.05, 3.63) is 35.4 Å². The second kappa shape index (κ2) is 4.23. The van der Waals surface area contributed by atoms with E-state index < -0.39 is 11.6 Å². The number of benzene rings is 1. The first-order chi connectivity index (χ1) is 7.63. The summed E-state index contributed by atoms with van der Waals surface area (Å²) in [5, 5.41) is 22.7. The van der Waals surface area contributed by atoms with Crippen molar-refractivity contribution >= 4 is 5.97 Å².